The fourth-order valence-corrected chi connectivity index (χ4v) is 3.08. The molecule has 1 aliphatic heterocycles. The van der Waals surface area contributed by atoms with Gasteiger partial charge in [0.05, 0.1) is 12.4 Å². The Morgan fingerprint density at radius 1 is 1.50 bits per heavy atom. The molecular formula is C11H15N3O3S. The third-order valence-electron chi connectivity index (χ3n) is 3.31. The highest BCUT2D eigenvalue weighted by Crippen LogP contribution is 2.36. The van der Waals surface area contributed by atoms with E-state index in [0.29, 0.717) is 24.1 Å². The SMILES string of the molecule is O=C(CSc1n[nH]c(=O)n1C1CC1)C1CCOC1. The van der Waals surface area contributed by atoms with Gasteiger partial charge in [-0.05, 0) is 19.3 Å². The van der Waals surface area contributed by atoms with Crippen molar-refractivity contribution in [2.24, 2.45) is 5.92 Å². The van der Waals surface area contributed by atoms with E-state index in [4.69, 9.17) is 4.74 Å². The van der Waals surface area contributed by atoms with Crippen molar-refractivity contribution < 1.29 is 9.53 Å². The Bertz CT molecular complexity index is 500. The largest absolute Gasteiger partial charge is 0.381 e. The monoisotopic (exact) mass is 269 g/mol. The smallest absolute Gasteiger partial charge is 0.344 e. The number of Topliss-reactive ketones (excluding diaryl/α,β-unsaturated/α-hetero) is 1. The molecule has 3 rings (SSSR count). The predicted molar refractivity (Wildman–Crippen MR) is 65.8 cm³/mol. The molecule has 98 valence electrons. The number of nitrogens with one attached hydrogen (secondary N) is 1. The van der Waals surface area contributed by atoms with Crippen LogP contribution in [0.2, 0.25) is 0 Å². The van der Waals surface area contributed by atoms with Crippen molar-refractivity contribution in [2.75, 3.05) is 19.0 Å². The molecule has 1 saturated heterocycles. The Morgan fingerprint density at radius 3 is 3.00 bits per heavy atom. The molecule has 0 amide bonds. The average Bonchev–Trinajstić information content (AvgIpc) is 2.92. The minimum absolute atomic E-state index is 0.0255. The van der Waals surface area contributed by atoms with Crippen LogP contribution in [-0.4, -0.2) is 39.5 Å². The quantitative estimate of drug-likeness (QED) is 0.792. The van der Waals surface area contributed by atoms with E-state index < -0.39 is 0 Å². The van der Waals surface area contributed by atoms with E-state index in [2.05, 4.69) is 10.2 Å². The summed E-state index contributed by atoms with van der Waals surface area (Å²) in [5.41, 5.74) is -0.170. The number of aromatic nitrogens is 3. The summed E-state index contributed by atoms with van der Waals surface area (Å²) in [5, 5.41) is 7.07. The van der Waals surface area contributed by atoms with Crippen LogP contribution in [-0.2, 0) is 9.53 Å². The maximum absolute atomic E-state index is 11.9. The zero-order chi connectivity index (χ0) is 12.5. The molecule has 1 aromatic heterocycles. The van der Waals surface area contributed by atoms with Crippen LogP contribution in [0.1, 0.15) is 25.3 Å². The molecule has 2 aliphatic rings. The summed E-state index contributed by atoms with van der Waals surface area (Å²) in [6.07, 6.45) is 2.87. The Labute approximate surface area is 108 Å². The number of hydrogen-bond acceptors (Lipinski definition) is 5. The minimum Gasteiger partial charge on any atom is -0.381 e. The van der Waals surface area contributed by atoms with E-state index >= 15 is 0 Å². The van der Waals surface area contributed by atoms with Crippen molar-refractivity contribution >= 4 is 17.5 Å². The van der Waals surface area contributed by atoms with Gasteiger partial charge in [0.1, 0.15) is 5.78 Å². The lowest BCUT2D eigenvalue weighted by molar-refractivity contribution is -0.120. The lowest BCUT2D eigenvalue weighted by Gasteiger charge is -2.06. The zero-order valence-corrected chi connectivity index (χ0v) is 10.7. The number of nitrogens with zero attached hydrogens (tertiary/aromatic N) is 2. The summed E-state index contributed by atoms with van der Waals surface area (Å²) in [5.74, 6) is 0.582. The van der Waals surface area contributed by atoms with Gasteiger partial charge < -0.3 is 4.74 Å². The Balaban J connectivity index is 1.62. The molecule has 1 atom stereocenters. The van der Waals surface area contributed by atoms with Crippen molar-refractivity contribution in [3.05, 3.63) is 10.5 Å². The topological polar surface area (TPSA) is 77.0 Å². The van der Waals surface area contributed by atoms with Crippen LogP contribution in [0.15, 0.2) is 9.95 Å². The van der Waals surface area contributed by atoms with E-state index in [-0.39, 0.29) is 23.4 Å². The molecule has 1 aromatic rings. The molecule has 6 nitrogen and oxygen atoms in total. The summed E-state index contributed by atoms with van der Waals surface area (Å²) in [6, 6.07) is 0.281. The molecule has 0 bridgehead atoms. The van der Waals surface area contributed by atoms with E-state index in [1.807, 2.05) is 0 Å². The Hall–Kier alpha value is -1.08. The van der Waals surface area contributed by atoms with Crippen LogP contribution in [0.3, 0.4) is 0 Å². The molecule has 1 unspecified atom stereocenters. The predicted octanol–water partition coefficient (Wildman–Crippen LogP) is 0.604. The van der Waals surface area contributed by atoms with Crippen LogP contribution in [0, 0.1) is 5.92 Å². The third kappa shape index (κ3) is 2.37. The summed E-state index contributed by atoms with van der Waals surface area (Å²) in [6.45, 7) is 1.21. The van der Waals surface area contributed by atoms with Gasteiger partial charge >= 0.3 is 5.69 Å². The standard InChI is InChI=1S/C11H15N3O3S/c15-9(7-3-4-17-5-7)6-18-11-13-12-10(16)14(11)8-1-2-8/h7-8H,1-6H2,(H,12,16). The molecule has 1 aliphatic carbocycles. The number of rotatable bonds is 5. The van der Waals surface area contributed by atoms with Gasteiger partial charge in [-0.2, -0.15) is 0 Å². The minimum atomic E-state index is -0.170. The molecule has 0 spiro atoms. The van der Waals surface area contributed by atoms with Crippen molar-refractivity contribution in [3.63, 3.8) is 0 Å². The molecule has 1 saturated carbocycles. The molecular weight excluding hydrogens is 254 g/mol. The summed E-state index contributed by atoms with van der Waals surface area (Å²) in [7, 11) is 0. The highest BCUT2D eigenvalue weighted by Gasteiger charge is 2.29. The first-order valence-corrected chi connectivity index (χ1v) is 7.14. The van der Waals surface area contributed by atoms with Gasteiger partial charge in [0, 0.05) is 18.6 Å². The number of aromatic amines is 1. The van der Waals surface area contributed by atoms with Gasteiger partial charge in [0.15, 0.2) is 5.16 Å². The van der Waals surface area contributed by atoms with E-state index in [0.717, 1.165) is 19.3 Å². The van der Waals surface area contributed by atoms with Crippen molar-refractivity contribution in [3.8, 4) is 0 Å². The molecule has 1 N–H and O–H groups in total. The number of H-pyrrole nitrogens is 1. The second kappa shape index (κ2) is 4.89. The summed E-state index contributed by atoms with van der Waals surface area (Å²) in [4.78, 5) is 23.4. The number of carbonyl (C=O) groups is 1. The maximum Gasteiger partial charge on any atom is 0.344 e. The number of ether oxygens (including phenoxy) is 1. The lowest BCUT2D eigenvalue weighted by atomic mass is 10.1. The Kier molecular flexibility index (Phi) is 3.25. The fourth-order valence-electron chi connectivity index (χ4n) is 2.09. The van der Waals surface area contributed by atoms with Crippen LogP contribution in [0.4, 0.5) is 0 Å². The molecule has 2 fully saturated rings. The number of hydrogen-bond donors (Lipinski definition) is 1. The highest BCUT2D eigenvalue weighted by molar-refractivity contribution is 7.99. The van der Waals surface area contributed by atoms with Crippen LogP contribution >= 0.6 is 11.8 Å². The second-order valence-electron chi connectivity index (χ2n) is 4.73. The maximum atomic E-state index is 11.9. The first-order chi connectivity index (χ1) is 8.75. The van der Waals surface area contributed by atoms with E-state index in [9.17, 15) is 9.59 Å². The van der Waals surface area contributed by atoms with E-state index in [1.54, 1.807) is 4.57 Å². The van der Waals surface area contributed by atoms with Gasteiger partial charge in [0.25, 0.3) is 0 Å². The molecule has 0 aromatic carbocycles. The summed E-state index contributed by atoms with van der Waals surface area (Å²) >= 11 is 1.35. The van der Waals surface area contributed by atoms with Crippen molar-refractivity contribution in [1.29, 1.82) is 0 Å². The first-order valence-electron chi connectivity index (χ1n) is 6.16. The number of ketones is 1. The normalized spacial score (nSPS) is 23.4. The summed E-state index contributed by atoms with van der Waals surface area (Å²) < 4.78 is 6.87. The molecule has 2 heterocycles. The van der Waals surface area contributed by atoms with Gasteiger partial charge in [-0.25, -0.2) is 9.89 Å². The van der Waals surface area contributed by atoms with Crippen LogP contribution in [0.5, 0.6) is 0 Å². The third-order valence-corrected chi connectivity index (χ3v) is 4.29. The molecule has 7 heteroatoms. The lowest BCUT2D eigenvalue weighted by Crippen LogP contribution is -2.18. The van der Waals surface area contributed by atoms with Gasteiger partial charge in [-0.15, -0.1) is 5.10 Å². The Morgan fingerprint density at radius 2 is 2.33 bits per heavy atom. The first kappa shape index (κ1) is 12.0. The highest BCUT2D eigenvalue weighted by atomic mass is 32.2. The number of thioether (sulfide) groups is 1. The van der Waals surface area contributed by atoms with Crippen molar-refractivity contribution in [2.45, 2.75) is 30.5 Å². The fraction of sp³-hybridized carbons (Fsp3) is 0.727. The molecule has 0 radical (unpaired) electrons. The zero-order valence-electron chi connectivity index (χ0n) is 9.92. The van der Waals surface area contributed by atoms with Gasteiger partial charge in [-0.1, -0.05) is 11.8 Å². The van der Waals surface area contributed by atoms with E-state index in [1.165, 1.54) is 11.8 Å². The number of carbonyl (C=O) groups excluding carboxylic acids is 1. The van der Waals surface area contributed by atoms with Crippen LogP contribution in [0.25, 0.3) is 0 Å². The second-order valence-corrected chi connectivity index (χ2v) is 5.67. The van der Waals surface area contributed by atoms with Gasteiger partial charge in [-0.3, -0.25) is 9.36 Å². The molecule has 18 heavy (non-hydrogen) atoms. The van der Waals surface area contributed by atoms with Crippen molar-refractivity contribution in [1.82, 2.24) is 14.8 Å². The van der Waals surface area contributed by atoms with Crippen LogP contribution < -0.4 is 5.69 Å². The average molecular weight is 269 g/mol. The van der Waals surface area contributed by atoms with Gasteiger partial charge in [0.2, 0.25) is 0 Å².